The predicted octanol–water partition coefficient (Wildman–Crippen LogP) is 2.09. The van der Waals surface area contributed by atoms with Gasteiger partial charge in [0.25, 0.3) is 0 Å². The van der Waals surface area contributed by atoms with Gasteiger partial charge < -0.3 is 14.5 Å². The first kappa shape index (κ1) is 11.5. The maximum atomic E-state index is 12.5. The van der Waals surface area contributed by atoms with Crippen LogP contribution in [0.1, 0.15) is 0 Å². The SMILES string of the molecule is COc1cc(OC)c2c(=O)c3cccnc3[nH]c2c1. The van der Waals surface area contributed by atoms with E-state index in [-0.39, 0.29) is 5.43 Å². The molecule has 1 aromatic carbocycles. The van der Waals surface area contributed by atoms with E-state index in [0.717, 1.165) is 0 Å². The third kappa shape index (κ3) is 1.71. The summed E-state index contributed by atoms with van der Waals surface area (Å²) in [5, 5.41) is 1.04. The van der Waals surface area contributed by atoms with E-state index in [9.17, 15) is 4.79 Å². The normalized spacial score (nSPS) is 10.8. The Kier molecular flexibility index (Phi) is 2.59. The first-order valence-corrected chi connectivity index (χ1v) is 5.77. The van der Waals surface area contributed by atoms with Gasteiger partial charge in [0, 0.05) is 18.3 Å². The average molecular weight is 256 g/mol. The number of H-pyrrole nitrogens is 1. The van der Waals surface area contributed by atoms with Gasteiger partial charge in [-0.25, -0.2) is 4.98 Å². The van der Waals surface area contributed by atoms with Crippen molar-refractivity contribution >= 4 is 21.9 Å². The van der Waals surface area contributed by atoms with Gasteiger partial charge in [-0.15, -0.1) is 0 Å². The van der Waals surface area contributed by atoms with Gasteiger partial charge in [-0.05, 0) is 12.1 Å². The van der Waals surface area contributed by atoms with Crippen molar-refractivity contribution < 1.29 is 9.47 Å². The predicted molar refractivity (Wildman–Crippen MR) is 73.0 cm³/mol. The van der Waals surface area contributed by atoms with Gasteiger partial charge in [0.05, 0.1) is 30.5 Å². The number of aromatic nitrogens is 2. The van der Waals surface area contributed by atoms with E-state index in [1.165, 1.54) is 7.11 Å². The monoisotopic (exact) mass is 256 g/mol. The maximum Gasteiger partial charge on any atom is 0.202 e. The van der Waals surface area contributed by atoms with E-state index in [4.69, 9.17) is 9.47 Å². The molecule has 96 valence electrons. The van der Waals surface area contributed by atoms with E-state index >= 15 is 0 Å². The van der Waals surface area contributed by atoms with Crippen molar-refractivity contribution in [3.05, 3.63) is 40.7 Å². The van der Waals surface area contributed by atoms with Crippen LogP contribution < -0.4 is 14.9 Å². The van der Waals surface area contributed by atoms with Crippen LogP contribution >= 0.6 is 0 Å². The summed E-state index contributed by atoms with van der Waals surface area (Å²) in [7, 11) is 3.10. The Morgan fingerprint density at radius 2 is 2.05 bits per heavy atom. The highest BCUT2D eigenvalue weighted by Crippen LogP contribution is 2.28. The number of pyridine rings is 2. The molecule has 0 aliphatic rings. The molecule has 0 aliphatic carbocycles. The molecule has 1 N–H and O–H groups in total. The van der Waals surface area contributed by atoms with Crippen molar-refractivity contribution in [1.82, 2.24) is 9.97 Å². The Bertz CT molecular complexity index is 824. The largest absolute Gasteiger partial charge is 0.497 e. The first-order chi connectivity index (χ1) is 9.24. The lowest BCUT2D eigenvalue weighted by Crippen LogP contribution is -2.07. The lowest BCUT2D eigenvalue weighted by molar-refractivity contribution is 0.397. The molecule has 2 heterocycles. The van der Waals surface area contributed by atoms with Gasteiger partial charge in [-0.1, -0.05) is 0 Å². The molecule has 3 aromatic rings. The summed E-state index contributed by atoms with van der Waals surface area (Å²) in [5.74, 6) is 1.11. The van der Waals surface area contributed by atoms with Crippen LogP contribution in [-0.2, 0) is 0 Å². The number of ether oxygens (including phenoxy) is 2. The van der Waals surface area contributed by atoms with Crippen LogP contribution in [0.4, 0.5) is 0 Å². The Morgan fingerprint density at radius 3 is 2.79 bits per heavy atom. The lowest BCUT2D eigenvalue weighted by Gasteiger charge is -2.09. The molecular weight excluding hydrogens is 244 g/mol. The number of benzene rings is 1. The van der Waals surface area contributed by atoms with E-state index < -0.39 is 0 Å². The molecule has 0 radical (unpaired) electrons. The van der Waals surface area contributed by atoms with Crippen LogP contribution in [0.2, 0.25) is 0 Å². The molecule has 0 atom stereocenters. The highest BCUT2D eigenvalue weighted by atomic mass is 16.5. The van der Waals surface area contributed by atoms with Gasteiger partial charge in [-0.2, -0.15) is 0 Å². The highest BCUT2D eigenvalue weighted by Gasteiger charge is 2.12. The fraction of sp³-hybridized carbons (Fsp3) is 0.143. The number of hydrogen-bond donors (Lipinski definition) is 1. The number of aromatic amines is 1. The number of hydrogen-bond acceptors (Lipinski definition) is 4. The zero-order chi connectivity index (χ0) is 13.4. The van der Waals surface area contributed by atoms with Crippen LogP contribution in [0.15, 0.2) is 35.3 Å². The standard InChI is InChI=1S/C14H12N2O3/c1-18-8-6-10-12(11(7-8)19-2)13(17)9-4-3-5-15-14(9)16-10/h3-7H,1-2H3,(H,15,16,17). The number of methoxy groups -OCH3 is 2. The van der Waals surface area contributed by atoms with Gasteiger partial charge >= 0.3 is 0 Å². The van der Waals surface area contributed by atoms with Crippen LogP contribution in [0.3, 0.4) is 0 Å². The molecule has 0 saturated carbocycles. The Morgan fingerprint density at radius 1 is 1.21 bits per heavy atom. The summed E-state index contributed by atoms with van der Waals surface area (Å²) < 4.78 is 10.5. The molecule has 0 amide bonds. The summed E-state index contributed by atoms with van der Waals surface area (Å²) >= 11 is 0. The van der Waals surface area contributed by atoms with Gasteiger partial charge in [0.2, 0.25) is 5.43 Å². The summed E-state index contributed by atoms with van der Waals surface area (Å²) in [6.07, 6.45) is 1.64. The molecule has 0 unspecified atom stereocenters. The number of rotatable bonds is 2. The molecule has 5 heteroatoms. The van der Waals surface area contributed by atoms with Crippen molar-refractivity contribution in [3.8, 4) is 11.5 Å². The minimum Gasteiger partial charge on any atom is -0.497 e. The fourth-order valence-corrected chi connectivity index (χ4v) is 2.15. The van der Waals surface area contributed by atoms with Crippen molar-refractivity contribution in [3.63, 3.8) is 0 Å². The van der Waals surface area contributed by atoms with E-state index in [2.05, 4.69) is 9.97 Å². The highest BCUT2D eigenvalue weighted by molar-refractivity contribution is 5.95. The van der Waals surface area contributed by atoms with Gasteiger partial charge in [0.1, 0.15) is 17.1 Å². The van der Waals surface area contributed by atoms with Gasteiger partial charge in [0.15, 0.2) is 0 Å². The summed E-state index contributed by atoms with van der Waals surface area (Å²) in [5.41, 5.74) is 1.10. The Labute approximate surface area is 108 Å². The molecule has 0 fully saturated rings. The Balaban J connectivity index is 2.54. The molecular formula is C14H12N2O3. The molecule has 0 bridgehead atoms. The molecule has 2 aromatic heterocycles. The number of nitrogens with one attached hydrogen (secondary N) is 1. The topological polar surface area (TPSA) is 64.2 Å². The van der Waals surface area contributed by atoms with E-state index in [0.29, 0.717) is 33.4 Å². The molecule has 0 spiro atoms. The zero-order valence-electron chi connectivity index (χ0n) is 10.6. The summed E-state index contributed by atoms with van der Waals surface area (Å²) in [6.45, 7) is 0. The second kappa shape index (κ2) is 4.28. The molecule has 5 nitrogen and oxygen atoms in total. The minimum absolute atomic E-state index is 0.101. The van der Waals surface area contributed by atoms with E-state index in [1.807, 2.05) is 0 Å². The summed E-state index contributed by atoms with van der Waals surface area (Å²) in [6, 6.07) is 6.93. The first-order valence-electron chi connectivity index (χ1n) is 5.77. The molecule has 0 aliphatic heterocycles. The second-order valence-corrected chi connectivity index (χ2v) is 4.11. The van der Waals surface area contributed by atoms with Crippen molar-refractivity contribution in [1.29, 1.82) is 0 Å². The number of nitrogens with zero attached hydrogens (tertiary/aromatic N) is 1. The maximum absolute atomic E-state index is 12.5. The molecule has 0 saturated heterocycles. The van der Waals surface area contributed by atoms with Crippen LogP contribution in [0, 0.1) is 0 Å². The van der Waals surface area contributed by atoms with Crippen molar-refractivity contribution in [2.75, 3.05) is 14.2 Å². The second-order valence-electron chi connectivity index (χ2n) is 4.11. The van der Waals surface area contributed by atoms with Crippen LogP contribution in [-0.4, -0.2) is 24.2 Å². The zero-order valence-corrected chi connectivity index (χ0v) is 10.6. The minimum atomic E-state index is -0.101. The number of fused-ring (bicyclic) bond motifs is 2. The van der Waals surface area contributed by atoms with Crippen molar-refractivity contribution in [2.24, 2.45) is 0 Å². The quantitative estimate of drug-likeness (QED) is 0.713. The van der Waals surface area contributed by atoms with Gasteiger partial charge in [-0.3, -0.25) is 4.79 Å². The Hall–Kier alpha value is -2.56. The van der Waals surface area contributed by atoms with Crippen molar-refractivity contribution in [2.45, 2.75) is 0 Å². The average Bonchev–Trinajstić information content (AvgIpc) is 2.46. The van der Waals surface area contributed by atoms with Crippen LogP contribution in [0.25, 0.3) is 21.9 Å². The third-order valence-electron chi connectivity index (χ3n) is 3.06. The molecule has 19 heavy (non-hydrogen) atoms. The lowest BCUT2D eigenvalue weighted by atomic mass is 10.1. The molecule has 3 rings (SSSR count). The third-order valence-corrected chi connectivity index (χ3v) is 3.06. The summed E-state index contributed by atoms with van der Waals surface area (Å²) in [4.78, 5) is 19.8. The smallest absolute Gasteiger partial charge is 0.202 e. The van der Waals surface area contributed by atoms with E-state index in [1.54, 1.807) is 37.6 Å². The van der Waals surface area contributed by atoms with Crippen LogP contribution in [0.5, 0.6) is 11.5 Å². The fourth-order valence-electron chi connectivity index (χ4n) is 2.15.